The molecule has 1 aromatic heterocycles. The molecule has 5 nitrogen and oxygen atoms in total. The molecule has 0 radical (unpaired) electrons. The number of aromatic nitrogens is 1. The topological polar surface area (TPSA) is 56.4 Å². The number of fused-ring (bicyclic) bond motifs is 4. The lowest BCUT2D eigenvalue weighted by molar-refractivity contribution is 0.0467. The number of aromatic amines is 1. The van der Waals surface area contributed by atoms with Crippen molar-refractivity contribution < 1.29 is 8.42 Å². The van der Waals surface area contributed by atoms with E-state index < -0.39 is 10.0 Å². The minimum absolute atomic E-state index is 0.0646. The highest BCUT2D eigenvalue weighted by molar-refractivity contribution is 7.89. The first-order chi connectivity index (χ1) is 12.0. The van der Waals surface area contributed by atoms with Crippen LogP contribution in [0.4, 0.5) is 0 Å². The fourth-order valence-electron chi connectivity index (χ4n) is 4.69. The van der Waals surface area contributed by atoms with Gasteiger partial charge in [0.15, 0.2) is 0 Å². The zero-order chi connectivity index (χ0) is 17.7. The van der Waals surface area contributed by atoms with Gasteiger partial charge in [0.25, 0.3) is 0 Å². The molecule has 136 valence electrons. The molecule has 0 aliphatic carbocycles. The van der Waals surface area contributed by atoms with Crippen LogP contribution in [0.5, 0.6) is 0 Å². The van der Waals surface area contributed by atoms with Crippen molar-refractivity contribution in [3.8, 4) is 0 Å². The summed E-state index contributed by atoms with van der Waals surface area (Å²) in [5, 5.41) is 1.33. The van der Waals surface area contributed by atoms with Crippen LogP contribution in [0.2, 0.25) is 0 Å². The normalized spacial score (nSPS) is 21.7. The maximum absolute atomic E-state index is 12.4. The van der Waals surface area contributed by atoms with Gasteiger partial charge in [-0.15, -0.1) is 0 Å². The van der Waals surface area contributed by atoms with Crippen molar-refractivity contribution in [2.24, 2.45) is 0 Å². The third kappa shape index (κ3) is 2.62. The van der Waals surface area contributed by atoms with Crippen molar-refractivity contribution in [1.29, 1.82) is 0 Å². The minimum atomic E-state index is -3.10. The number of benzene rings is 1. The van der Waals surface area contributed by atoms with E-state index in [1.165, 1.54) is 22.2 Å². The molecule has 3 heterocycles. The largest absolute Gasteiger partial charge is 0.357 e. The van der Waals surface area contributed by atoms with Crippen molar-refractivity contribution in [2.45, 2.75) is 38.1 Å². The van der Waals surface area contributed by atoms with Crippen molar-refractivity contribution in [1.82, 2.24) is 14.2 Å². The molecule has 1 N–H and O–H groups in total. The van der Waals surface area contributed by atoms with Crippen LogP contribution in [0, 0.1) is 0 Å². The Morgan fingerprint density at radius 3 is 2.60 bits per heavy atom. The summed E-state index contributed by atoms with van der Waals surface area (Å²) in [6.07, 6.45) is 3.43. The third-order valence-electron chi connectivity index (χ3n) is 6.11. The molecule has 1 spiro atoms. The van der Waals surface area contributed by atoms with Gasteiger partial charge < -0.3 is 4.98 Å². The van der Waals surface area contributed by atoms with Gasteiger partial charge in [-0.05, 0) is 44.4 Å². The molecule has 2 aliphatic heterocycles. The number of piperidine rings is 1. The number of hydrogen-bond acceptors (Lipinski definition) is 3. The van der Waals surface area contributed by atoms with Crippen LogP contribution < -0.4 is 0 Å². The lowest BCUT2D eigenvalue weighted by Gasteiger charge is -2.49. The van der Waals surface area contributed by atoms with Gasteiger partial charge in [-0.3, -0.25) is 4.90 Å². The van der Waals surface area contributed by atoms with Gasteiger partial charge in [0, 0.05) is 36.2 Å². The molecule has 6 heteroatoms. The van der Waals surface area contributed by atoms with E-state index in [2.05, 4.69) is 41.2 Å². The SMILES string of the molecule is CCCS(=O)(=O)N1CCC2(CC1)c1[nH]c3ccccc3c1CCN2C. The number of rotatable bonds is 3. The van der Waals surface area contributed by atoms with E-state index in [0.29, 0.717) is 19.5 Å². The average molecular weight is 362 g/mol. The Morgan fingerprint density at radius 1 is 1.16 bits per heavy atom. The Labute approximate surface area is 150 Å². The van der Waals surface area contributed by atoms with Crippen LogP contribution in [-0.2, 0) is 22.0 Å². The number of nitrogens with zero attached hydrogens (tertiary/aromatic N) is 2. The summed E-state index contributed by atoms with van der Waals surface area (Å²) >= 11 is 0. The van der Waals surface area contributed by atoms with Crippen molar-refractivity contribution in [3.05, 3.63) is 35.5 Å². The number of hydrogen-bond donors (Lipinski definition) is 1. The van der Waals surface area contributed by atoms with Gasteiger partial charge in [0.1, 0.15) is 0 Å². The smallest absolute Gasteiger partial charge is 0.214 e. The monoisotopic (exact) mass is 361 g/mol. The molecule has 0 atom stereocenters. The van der Waals surface area contributed by atoms with Crippen molar-refractivity contribution in [3.63, 3.8) is 0 Å². The predicted octanol–water partition coefficient (Wildman–Crippen LogP) is 2.69. The van der Waals surface area contributed by atoms with Gasteiger partial charge in [0.2, 0.25) is 10.0 Å². The Hall–Kier alpha value is -1.37. The standard InChI is InChI=1S/C19H27N3O2S/c1-3-14-25(23,24)22-12-9-19(10-13-22)18-16(8-11-21(19)2)15-6-4-5-7-17(15)20-18/h4-7,20H,3,8-14H2,1-2H3. The lowest BCUT2D eigenvalue weighted by Crippen LogP contribution is -2.55. The van der Waals surface area contributed by atoms with Crippen molar-refractivity contribution >= 4 is 20.9 Å². The van der Waals surface area contributed by atoms with E-state index in [1.807, 2.05) is 6.92 Å². The molecular formula is C19H27N3O2S. The number of nitrogens with one attached hydrogen (secondary N) is 1. The first kappa shape index (κ1) is 17.1. The molecule has 2 aromatic rings. The molecule has 25 heavy (non-hydrogen) atoms. The van der Waals surface area contributed by atoms with Gasteiger partial charge in [-0.25, -0.2) is 12.7 Å². The van der Waals surface area contributed by atoms with Gasteiger partial charge >= 0.3 is 0 Å². The Morgan fingerprint density at radius 2 is 1.88 bits per heavy atom. The number of likely N-dealkylation sites (N-methyl/N-ethyl adjacent to an activating group) is 1. The summed E-state index contributed by atoms with van der Waals surface area (Å²) in [6.45, 7) is 4.17. The second-order valence-electron chi connectivity index (χ2n) is 7.44. The highest BCUT2D eigenvalue weighted by Gasteiger charge is 2.46. The quantitative estimate of drug-likeness (QED) is 0.914. The Balaban J connectivity index is 1.70. The van der Waals surface area contributed by atoms with Crippen LogP contribution in [0.1, 0.15) is 37.4 Å². The Bertz CT molecular complexity index is 879. The van der Waals surface area contributed by atoms with E-state index >= 15 is 0 Å². The first-order valence-electron chi connectivity index (χ1n) is 9.27. The summed E-state index contributed by atoms with van der Waals surface area (Å²) in [7, 11) is -0.918. The zero-order valence-electron chi connectivity index (χ0n) is 15.1. The molecule has 0 saturated carbocycles. The number of para-hydroxylation sites is 1. The predicted molar refractivity (Wildman–Crippen MR) is 101 cm³/mol. The highest BCUT2D eigenvalue weighted by atomic mass is 32.2. The van der Waals surface area contributed by atoms with E-state index in [1.54, 1.807) is 4.31 Å². The maximum atomic E-state index is 12.4. The molecule has 1 fully saturated rings. The number of sulfonamides is 1. The van der Waals surface area contributed by atoms with Gasteiger partial charge in [0.05, 0.1) is 11.3 Å². The minimum Gasteiger partial charge on any atom is -0.357 e. The lowest BCUT2D eigenvalue weighted by atomic mass is 9.78. The maximum Gasteiger partial charge on any atom is 0.214 e. The highest BCUT2D eigenvalue weighted by Crippen LogP contribution is 2.44. The molecule has 2 aliphatic rings. The molecule has 0 unspecified atom stereocenters. The second-order valence-corrected chi connectivity index (χ2v) is 9.53. The summed E-state index contributed by atoms with van der Waals surface area (Å²) in [5.41, 5.74) is 3.88. The van der Waals surface area contributed by atoms with Crippen LogP contribution in [-0.4, -0.2) is 55.0 Å². The van der Waals surface area contributed by atoms with Crippen molar-refractivity contribution in [2.75, 3.05) is 32.4 Å². The van der Waals surface area contributed by atoms with Crippen LogP contribution in [0.15, 0.2) is 24.3 Å². The summed E-state index contributed by atoms with van der Waals surface area (Å²) in [5.74, 6) is 0.257. The summed E-state index contributed by atoms with van der Waals surface area (Å²) in [6, 6.07) is 8.51. The van der Waals surface area contributed by atoms with Crippen LogP contribution in [0.25, 0.3) is 10.9 Å². The first-order valence-corrected chi connectivity index (χ1v) is 10.9. The summed E-state index contributed by atoms with van der Waals surface area (Å²) < 4.78 is 26.6. The molecule has 0 bridgehead atoms. The fourth-order valence-corrected chi connectivity index (χ4v) is 6.21. The summed E-state index contributed by atoms with van der Waals surface area (Å²) in [4.78, 5) is 6.12. The molecule has 1 aromatic carbocycles. The van der Waals surface area contributed by atoms with E-state index in [0.717, 1.165) is 25.8 Å². The van der Waals surface area contributed by atoms with Crippen LogP contribution in [0.3, 0.4) is 0 Å². The second kappa shape index (κ2) is 6.11. The molecular weight excluding hydrogens is 334 g/mol. The number of H-pyrrole nitrogens is 1. The molecule has 4 rings (SSSR count). The van der Waals surface area contributed by atoms with Gasteiger partial charge in [-0.2, -0.15) is 0 Å². The average Bonchev–Trinajstić information content (AvgIpc) is 2.99. The van der Waals surface area contributed by atoms with E-state index in [4.69, 9.17) is 0 Å². The zero-order valence-corrected chi connectivity index (χ0v) is 15.9. The molecule has 0 amide bonds. The van der Waals surface area contributed by atoms with E-state index in [-0.39, 0.29) is 11.3 Å². The Kier molecular flexibility index (Phi) is 4.17. The van der Waals surface area contributed by atoms with E-state index in [9.17, 15) is 8.42 Å². The van der Waals surface area contributed by atoms with Crippen LogP contribution >= 0.6 is 0 Å². The fraction of sp³-hybridized carbons (Fsp3) is 0.579. The van der Waals surface area contributed by atoms with Gasteiger partial charge in [-0.1, -0.05) is 25.1 Å². The molecule has 1 saturated heterocycles. The third-order valence-corrected chi connectivity index (χ3v) is 8.19.